The van der Waals surface area contributed by atoms with Crippen molar-refractivity contribution >= 4 is 15.9 Å². The fourth-order valence-corrected chi connectivity index (χ4v) is 4.03. The van der Waals surface area contributed by atoms with Gasteiger partial charge in [0.15, 0.2) is 0 Å². The Kier molecular flexibility index (Phi) is 4.92. The molecule has 1 amide bonds. The molecule has 7 nitrogen and oxygen atoms in total. The zero-order valence-corrected chi connectivity index (χ0v) is 15.5. The molecule has 26 heavy (non-hydrogen) atoms. The highest BCUT2D eigenvalue weighted by Crippen LogP contribution is 2.35. The highest BCUT2D eigenvalue weighted by molar-refractivity contribution is 7.89. The number of hydrogen-bond acceptors (Lipinski definition) is 5. The summed E-state index contributed by atoms with van der Waals surface area (Å²) in [6.07, 6.45) is 3.65. The molecule has 1 aromatic carbocycles. The van der Waals surface area contributed by atoms with Crippen molar-refractivity contribution in [2.45, 2.75) is 29.8 Å². The summed E-state index contributed by atoms with van der Waals surface area (Å²) >= 11 is 0. The molecule has 0 saturated carbocycles. The number of aliphatic hydroxyl groups is 1. The fourth-order valence-electron chi connectivity index (χ4n) is 3.13. The predicted octanol–water partition coefficient (Wildman–Crippen LogP) is 1.48. The Morgan fingerprint density at radius 3 is 2.62 bits per heavy atom. The van der Waals surface area contributed by atoms with E-state index in [2.05, 4.69) is 5.32 Å². The molecule has 1 heterocycles. The van der Waals surface area contributed by atoms with Gasteiger partial charge in [-0.3, -0.25) is 4.79 Å². The number of benzene rings is 1. The van der Waals surface area contributed by atoms with Gasteiger partial charge in [0.1, 0.15) is 11.4 Å². The molecule has 2 aromatic rings. The normalized spacial score (nSPS) is 20.0. The first-order valence-corrected chi connectivity index (χ1v) is 9.78. The van der Waals surface area contributed by atoms with E-state index >= 15 is 0 Å². The minimum absolute atomic E-state index is 0.0656. The fraction of sp³-hybridized carbons (Fsp3) is 0.389. The highest BCUT2D eigenvalue weighted by Gasteiger charge is 2.36. The average Bonchev–Trinajstić information content (AvgIpc) is 3.10. The van der Waals surface area contributed by atoms with Crippen molar-refractivity contribution in [1.82, 2.24) is 9.62 Å². The zero-order valence-electron chi connectivity index (χ0n) is 14.7. The summed E-state index contributed by atoms with van der Waals surface area (Å²) in [5.41, 5.74) is -0.101. The van der Waals surface area contributed by atoms with Crippen molar-refractivity contribution in [1.29, 1.82) is 0 Å². The molecule has 3 rings (SSSR count). The SMILES string of the molecule is CN(C)S(=O)(=O)c1ccc(C(=O)NCC2(O)CCCc3occc32)cc1. The Labute approximate surface area is 152 Å². The van der Waals surface area contributed by atoms with Crippen LogP contribution >= 0.6 is 0 Å². The number of sulfonamides is 1. The Balaban J connectivity index is 1.70. The molecular weight excluding hydrogens is 356 g/mol. The first-order valence-electron chi connectivity index (χ1n) is 8.34. The van der Waals surface area contributed by atoms with E-state index in [4.69, 9.17) is 4.42 Å². The summed E-state index contributed by atoms with van der Waals surface area (Å²) < 4.78 is 30.6. The second-order valence-electron chi connectivity index (χ2n) is 6.64. The molecule has 8 heteroatoms. The molecule has 0 radical (unpaired) electrons. The third kappa shape index (κ3) is 3.40. The molecule has 1 unspecified atom stereocenters. The van der Waals surface area contributed by atoms with E-state index in [1.54, 1.807) is 12.3 Å². The van der Waals surface area contributed by atoms with Crippen LogP contribution in [0.1, 0.15) is 34.5 Å². The molecule has 1 aromatic heterocycles. The van der Waals surface area contributed by atoms with E-state index in [0.717, 1.165) is 28.5 Å². The zero-order chi connectivity index (χ0) is 18.9. The number of fused-ring (bicyclic) bond motifs is 1. The minimum Gasteiger partial charge on any atom is -0.469 e. The van der Waals surface area contributed by atoms with Crippen LogP contribution in [0.2, 0.25) is 0 Å². The average molecular weight is 378 g/mol. The van der Waals surface area contributed by atoms with Gasteiger partial charge in [0.25, 0.3) is 5.91 Å². The third-order valence-corrected chi connectivity index (χ3v) is 6.51. The summed E-state index contributed by atoms with van der Waals surface area (Å²) in [4.78, 5) is 12.5. The number of carbonyl (C=O) groups excluding carboxylic acids is 1. The smallest absolute Gasteiger partial charge is 0.251 e. The summed E-state index contributed by atoms with van der Waals surface area (Å²) in [5, 5.41) is 13.6. The summed E-state index contributed by atoms with van der Waals surface area (Å²) in [6, 6.07) is 7.45. The van der Waals surface area contributed by atoms with Crippen LogP contribution in [0.5, 0.6) is 0 Å². The molecule has 0 bridgehead atoms. The number of amides is 1. The van der Waals surface area contributed by atoms with Crippen molar-refractivity contribution in [3.05, 3.63) is 53.5 Å². The van der Waals surface area contributed by atoms with Crippen LogP contribution in [0, 0.1) is 0 Å². The van der Waals surface area contributed by atoms with Crippen LogP contribution in [0.4, 0.5) is 0 Å². The molecular formula is C18H22N2O5S. The first-order chi connectivity index (χ1) is 12.2. The molecule has 1 atom stereocenters. The molecule has 140 valence electrons. The van der Waals surface area contributed by atoms with E-state index in [1.165, 1.54) is 38.4 Å². The summed E-state index contributed by atoms with van der Waals surface area (Å²) in [6.45, 7) is 0.0656. The lowest BCUT2D eigenvalue weighted by atomic mass is 9.83. The number of rotatable bonds is 5. The maximum atomic E-state index is 12.4. The quantitative estimate of drug-likeness (QED) is 0.821. The van der Waals surface area contributed by atoms with E-state index in [9.17, 15) is 18.3 Å². The van der Waals surface area contributed by atoms with Crippen LogP contribution in [-0.4, -0.2) is 44.4 Å². The number of carbonyl (C=O) groups is 1. The summed E-state index contributed by atoms with van der Waals surface area (Å²) in [5.74, 6) is 0.383. The van der Waals surface area contributed by atoms with Crippen LogP contribution in [0.25, 0.3) is 0 Å². The standard InChI is InChI=1S/C18H22N2O5S/c1-20(2)26(23,24)14-7-5-13(6-8-14)17(21)19-12-18(22)10-3-4-16-15(18)9-11-25-16/h5-9,11,22H,3-4,10,12H2,1-2H3,(H,19,21). The Bertz CT molecular complexity index is 902. The van der Waals surface area contributed by atoms with Crippen molar-refractivity contribution in [2.24, 2.45) is 0 Å². The second-order valence-corrected chi connectivity index (χ2v) is 8.79. The molecule has 0 spiro atoms. The maximum Gasteiger partial charge on any atom is 0.251 e. The topological polar surface area (TPSA) is 99.9 Å². The predicted molar refractivity (Wildman–Crippen MR) is 95.2 cm³/mol. The van der Waals surface area contributed by atoms with Crippen molar-refractivity contribution in [2.75, 3.05) is 20.6 Å². The number of aryl methyl sites for hydroxylation is 1. The van der Waals surface area contributed by atoms with Crippen LogP contribution in [-0.2, 0) is 22.0 Å². The third-order valence-electron chi connectivity index (χ3n) is 4.68. The number of hydrogen-bond donors (Lipinski definition) is 2. The van der Waals surface area contributed by atoms with Crippen LogP contribution in [0.3, 0.4) is 0 Å². The largest absolute Gasteiger partial charge is 0.469 e. The van der Waals surface area contributed by atoms with Crippen molar-refractivity contribution in [3.63, 3.8) is 0 Å². The van der Waals surface area contributed by atoms with Crippen LogP contribution < -0.4 is 5.32 Å². The van der Waals surface area contributed by atoms with Gasteiger partial charge in [0.05, 0.1) is 17.7 Å². The van der Waals surface area contributed by atoms with Gasteiger partial charge in [-0.15, -0.1) is 0 Å². The van der Waals surface area contributed by atoms with Gasteiger partial charge in [-0.1, -0.05) is 0 Å². The monoisotopic (exact) mass is 378 g/mol. The lowest BCUT2D eigenvalue weighted by Gasteiger charge is -2.31. The number of furan rings is 1. The molecule has 0 fully saturated rings. The molecule has 0 aliphatic heterocycles. The van der Waals surface area contributed by atoms with E-state index in [1.807, 2.05) is 0 Å². The lowest BCUT2D eigenvalue weighted by molar-refractivity contribution is 0.0169. The Morgan fingerprint density at radius 2 is 1.96 bits per heavy atom. The van der Waals surface area contributed by atoms with Gasteiger partial charge in [0.2, 0.25) is 10.0 Å². The summed E-state index contributed by atoms with van der Waals surface area (Å²) in [7, 11) is -0.636. The lowest BCUT2D eigenvalue weighted by Crippen LogP contribution is -2.42. The van der Waals surface area contributed by atoms with Gasteiger partial charge < -0.3 is 14.8 Å². The first kappa shape index (κ1) is 18.6. The second kappa shape index (κ2) is 6.86. The van der Waals surface area contributed by atoms with Crippen molar-refractivity contribution < 1.29 is 22.7 Å². The Morgan fingerprint density at radius 1 is 1.27 bits per heavy atom. The van der Waals surface area contributed by atoms with E-state index < -0.39 is 15.6 Å². The Hall–Kier alpha value is -2.16. The van der Waals surface area contributed by atoms with Gasteiger partial charge in [-0.25, -0.2) is 12.7 Å². The van der Waals surface area contributed by atoms with Crippen LogP contribution in [0.15, 0.2) is 45.9 Å². The van der Waals surface area contributed by atoms with Gasteiger partial charge in [-0.2, -0.15) is 0 Å². The molecule has 1 aliphatic rings. The molecule has 1 aliphatic carbocycles. The number of nitrogens with zero attached hydrogens (tertiary/aromatic N) is 1. The van der Waals surface area contributed by atoms with E-state index in [0.29, 0.717) is 12.0 Å². The number of nitrogens with one attached hydrogen (secondary N) is 1. The molecule has 2 N–H and O–H groups in total. The van der Waals surface area contributed by atoms with E-state index in [-0.39, 0.29) is 17.3 Å². The van der Waals surface area contributed by atoms with Crippen molar-refractivity contribution in [3.8, 4) is 0 Å². The minimum atomic E-state index is -3.53. The van der Waals surface area contributed by atoms with Gasteiger partial charge in [-0.05, 0) is 43.2 Å². The maximum absolute atomic E-state index is 12.4. The van der Waals surface area contributed by atoms with Gasteiger partial charge in [0, 0.05) is 31.6 Å². The molecule has 0 saturated heterocycles. The highest BCUT2D eigenvalue weighted by atomic mass is 32.2. The van der Waals surface area contributed by atoms with Gasteiger partial charge >= 0.3 is 0 Å².